The number of ether oxygens (including phenoxy) is 1. The van der Waals surface area contributed by atoms with Crippen LogP contribution in [0.1, 0.15) is 17.0 Å². The predicted molar refractivity (Wildman–Crippen MR) is 91.4 cm³/mol. The van der Waals surface area contributed by atoms with Crippen LogP contribution in [-0.4, -0.2) is 5.11 Å². The van der Waals surface area contributed by atoms with Crippen molar-refractivity contribution in [3.63, 3.8) is 0 Å². The van der Waals surface area contributed by atoms with Crippen LogP contribution in [-0.2, 0) is 0 Å². The maximum Gasteiger partial charge on any atom is 0.205 e. The summed E-state index contributed by atoms with van der Waals surface area (Å²) in [6.07, 6.45) is 0. The zero-order valence-electron chi connectivity index (χ0n) is 12.7. The molecule has 3 aromatic carbocycles. The number of nitrogens with two attached hydrogens (primary N) is 1. The molecule has 0 amide bonds. The largest absolute Gasteiger partial charge is 0.507 e. The van der Waals surface area contributed by atoms with Crippen LogP contribution in [0.5, 0.6) is 11.5 Å². The maximum absolute atomic E-state index is 10.6. The molecule has 4 nitrogen and oxygen atoms in total. The highest BCUT2D eigenvalue weighted by Crippen LogP contribution is 2.49. The van der Waals surface area contributed by atoms with Crippen LogP contribution in [0.4, 0.5) is 0 Å². The van der Waals surface area contributed by atoms with Gasteiger partial charge in [0, 0.05) is 5.39 Å². The number of phenols is 1. The fraction of sp³-hybridized carbons (Fsp3) is 0.0500. The van der Waals surface area contributed by atoms with Crippen molar-refractivity contribution < 1.29 is 9.84 Å². The molecule has 0 fully saturated rings. The summed E-state index contributed by atoms with van der Waals surface area (Å²) >= 11 is 0. The number of fused-ring (bicyclic) bond motifs is 3. The lowest BCUT2D eigenvalue weighted by molar-refractivity contribution is 0.387. The first-order valence-electron chi connectivity index (χ1n) is 7.58. The number of phenolic OH excluding ortho intramolecular Hbond substituents is 1. The van der Waals surface area contributed by atoms with Crippen LogP contribution < -0.4 is 10.5 Å². The van der Waals surface area contributed by atoms with Gasteiger partial charge in [-0.3, -0.25) is 0 Å². The van der Waals surface area contributed by atoms with Crippen LogP contribution in [0.2, 0.25) is 0 Å². The standard InChI is InChI=1S/C20H14N2O2/c21-11-15-17(12-6-2-1-3-7-12)18-16(23)10-13-8-4-5-9-14(13)19(18)24-20(15)22/h1-10,17,23H,22H2. The van der Waals surface area contributed by atoms with Crippen molar-refractivity contribution in [1.82, 2.24) is 0 Å². The third kappa shape index (κ3) is 1.99. The van der Waals surface area contributed by atoms with Gasteiger partial charge in [0.1, 0.15) is 23.1 Å². The topological polar surface area (TPSA) is 79.3 Å². The van der Waals surface area contributed by atoms with Crippen molar-refractivity contribution >= 4 is 10.8 Å². The molecule has 0 spiro atoms. The number of aromatic hydroxyl groups is 1. The van der Waals surface area contributed by atoms with E-state index in [1.807, 2.05) is 54.6 Å². The molecule has 0 saturated carbocycles. The fourth-order valence-corrected chi connectivity index (χ4v) is 3.26. The van der Waals surface area contributed by atoms with Gasteiger partial charge in [-0.1, -0.05) is 54.6 Å². The van der Waals surface area contributed by atoms with E-state index in [0.29, 0.717) is 16.9 Å². The quantitative estimate of drug-likeness (QED) is 0.716. The van der Waals surface area contributed by atoms with Crippen LogP contribution in [0, 0.1) is 11.3 Å². The molecule has 0 aromatic heterocycles. The van der Waals surface area contributed by atoms with Crippen molar-refractivity contribution in [2.75, 3.05) is 0 Å². The average molecular weight is 314 g/mol. The number of hydrogen-bond acceptors (Lipinski definition) is 4. The number of nitriles is 1. The maximum atomic E-state index is 10.6. The van der Waals surface area contributed by atoms with Crippen molar-refractivity contribution in [2.45, 2.75) is 5.92 Å². The number of rotatable bonds is 1. The molecular formula is C20H14N2O2. The molecule has 4 rings (SSSR count). The minimum absolute atomic E-state index is 0.0783. The second-order valence-electron chi connectivity index (χ2n) is 5.70. The first-order valence-corrected chi connectivity index (χ1v) is 7.58. The zero-order chi connectivity index (χ0) is 16.7. The summed E-state index contributed by atoms with van der Waals surface area (Å²) in [5.41, 5.74) is 7.79. The molecule has 0 saturated heterocycles. The molecule has 0 bridgehead atoms. The normalized spacial score (nSPS) is 16.4. The molecule has 116 valence electrons. The second-order valence-corrected chi connectivity index (χ2v) is 5.70. The highest BCUT2D eigenvalue weighted by atomic mass is 16.5. The van der Waals surface area contributed by atoms with E-state index in [-0.39, 0.29) is 11.6 Å². The molecule has 3 aromatic rings. The molecular weight excluding hydrogens is 300 g/mol. The van der Waals surface area contributed by atoms with E-state index < -0.39 is 5.92 Å². The van der Waals surface area contributed by atoms with Crippen LogP contribution in [0.15, 0.2) is 72.1 Å². The monoisotopic (exact) mass is 314 g/mol. The number of benzene rings is 3. The number of allylic oxidation sites excluding steroid dienone is 1. The third-order valence-corrected chi connectivity index (χ3v) is 4.33. The molecule has 1 aliphatic rings. The fourth-order valence-electron chi connectivity index (χ4n) is 3.26. The highest BCUT2D eigenvalue weighted by molar-refractivity contribution is 5.92. The summed E-state index contributed by atoms with van der Waals surface area (Å²) in [5, 5.41) is 21.9. The molecule has 3 N–H and O–H groups in total. The zero-order valence-corrected chi connectivity index (χ0v) is 12.7. The van der Waals surface area contributed by atoms with Gasteiger partial charge in [-0.15, -0.1) is 0 Å². The molecule has 24 heavy (non-hydrogen) atoms. The van der Waals surface area contributed by atoms with Gasteiger partial charge >= 0.3 is 0 Å². The van der Waals surface area contributed by atoms with E-state index in [1.165, 1.54) is 0 Å². The average Bonchev–Trinajstić information content (AvgIpc) is 2.61. The Morgan fingerprint density at radius 3 is 2.50 bits per heavy atom. The van der Waals surface area contributed by atoms with Crippen LogP contribution in [0.25, 0.3) is 10.8 Å². The van der Waals surface area contributed by atoms with Crippen molar-refractivity contribution in [3.8, 4) is 17.6 Å². The lowest BCUT2D eigenvalue weighted by atomic mass is 9.82. The van der Waals surface area contributed by atoms with Gasteiger partial charge in [0.2, 0.25) is 5.88 Å². The second kappa shape index (κ2) is 5.32. The molecule has 1 aliphatic heterocycles. The minimum atomic E-state index is -0.454. The molecule has 1 unspecified atom stereocenters. The lowest BCUT2D eigenvalue weighted by Gasteiger charge is -2.28. The van der Waals surface area contributed by atoms with Gasteiger partial charge in [-0.05, 0) is 17.0 Å². The van der Waals surface area contributed by atoms with Gasteiger partial charge < -0.3 is 15.6 Å². The van der Waals surface area contributed by atoms with E-state index in [2.05, 4.69) is 6.07 Å². The Morgan fingerprint density at radius 2 is 1.75 bits per heavy atom. The summed E-state index contributed by atoms with van der Waals surface area (Å²) in [6, 6.07) is 21.0. The Balaban J connectivity index is 2.08. The molecule has 0 aliphatic carbocycles. The van der Waals surface area contributed by atoms with Gasteiger partial charge in [-0.2, -0.15) is 5.26 Å². The number of nitrogens with zero attached hydrogens (tertiary/aromatic N) is 1. The Labute approximate surface area is 139 Å². The Morgan fingerprint density at radius 1 is 1.04 bits per heavy atom. The van der Waals surface area contributed by atoms with Crippen molar-refractivity contribution in [1.29, 1.82) is 5.26 Å². The number of hydrogen-bond donors (Lipinski definition) is 2. The van der Waals surface area contributed by atoms with Crippen molar-refractivity contribution in [3.05, 3.63) is 83.2 Å². The molecule has 4 heteroatoms. The van der Waals surface area contributed by atoms with Crippen molar-refractivity contribution in [2.24, 2.45) is 5.73 Å². The summed E-state index contributed by atoms with van der Waals surface area (Å²) in [5.74, 6) is 0.230. The first kappa shape index (κ1) is 14.2. The predicted octanol–water partition coefficient (Wildman–Crippen LogP) is 3.76. The Kier molecular flexibility index (Phi) is 3.14. The van der Waals surface area contributed by atoms with Gasteiger partial charge in [0.15, 0.2) is 0 Å². The van der Waals surface area contributed by atoms with Crippen LogP contribution >= 0.6 is 0 Å². The third-order valence-electron chi connectivity index (χ3n) is 4.33. The Hall–Kier alpha value is -3.45. The van der Waals surface area contributed by atoms with Crippen LogP contribution in [0.3, 0.4) is 0 Å². The van der Waals surface area contributed by atoms with Gasteiger partial charge in [0.05, 0.1) is 11.5 Å². The summed E-state index contributed by atoms with van der Waals surface area (Å²) in [7, 11) is 0. The molecule has 1 atom stereocenters. The summed E-state index contributed by atoms with van der Waals surface area (Å²) < 4.78 is 5.76. The van der Waals surface area contributed by atoms with E-state index in [0.717, 1.165) is 16.3 Å². The molecule has 1 heterocycles. The summed E-state index contributed by atoms with van der Waals surface area (Å²) in [4.78, 5) is 0. The van der Waals surface area contributed by atoms with E-state index >= 15 is 0 Å². The Bertz CT molecular complexity index is 1020. The van der Waals surface area contributed by atoms with Gasteiger partial charge in [0.25, 0.3) is 0 Å². The smallest absolute Gasteiger partial charge is 0.205 e. The lowest BCUT2D eigenvalue weighted by Crippen LogP contribution is -2.21. The minimum Gasteiger partial charge on any atom is -0.507 e. The summed E-state index contributed by atoms with van der Waals surface area (Å²) in [6.45, 7) is 0. The van der Waals surface area contributed by atoms with E-state index in [4.69, 9.17) is 10.5 Å². The molecule has 0 radical (unpaired) electrons. The first-order chi connectivity index (χ1) is 11.7. The van der Waals surface area contributed by atoms with E-state index in [9.17, 15) is 10.4 Å². The highest BCUT2D eigenvalue weighted by Gasteiger charge is 2.34. The van der Waals surface area contributed by atoms with Gasteiger partial charge in [-0.25, -0.2) is 0 Å². The van der Waals surface area contributed by atoms with E-state index in [1.54, 1.807) is 6.07 Å². The SMILES string of the molecule is N#CC1=C(N)Oc2c(c(O)cc3ccccc23)C1c1ccccc1.